The van der Waals surface area contributed by atoms with Crippen molar-refractivity contribution < 1.29 is 4.79 Å². The lowest BCUT2D eigenvalue weighted by molar-refractivity contribution is 0.0727. The number of benzene rings is 1. The van der Waals surface area contributed by atoms with Crippen LogP contribution in [0.25, 0.3) is 0 Å². The zero-order valence-corrected chi connectivity index (χ0v) is 12.2. The van der Waals surface area contributed by atoms with Gasteiger partial charge in [-0.2, -0.15) is 0 Å². The molecule has 0 aromatic heterocycles. The van der Waals surface area contributed by atoms with E-state index in [-0.39, 0.29) is 5.91 Å². The summed E-state index contributed by atoms with van der Waals surface area (Å²) < 4.78 is 0. The lowest BCUT2D eigenvalue weighted by Gasteiger charge is -2.25. The summed E-state index contributed by atoms with van der Waals surface area (Å²) in [6, 6.07) is 5.83. The highest BCUT2D eigenvalue weighted by molar-refractivity contribution is 5.96. The quantitative estimate of drug-likeness (QED) is 0.845. The van der Waals surface area contributed by atoms with Gasteiger partial charge < -0.3 is 15.5 Å². The summed E-state index contributed by atoms with van der Waals surface area (Å²) in [5.74, 6) is 0.726. The minimum atomic E-state index is 0.0522. The van der Waals surface area contributed by atoms with Crippen molar-refractivity contribution in [3.8, 4) is 0 Å². The summed E-state index contributed by atoms with van der Waals surface area (Å²) >= 11 is 0. The van der Waals surface area contributed by atoms with Crippen LogP contribution in [-0.2, 0) is 0 Å². The fourth-order valence-corrected chi connectivity index (χ4v) is 2.38. The van der Waals surface area contributed by atoms with E-state index in [9.17, 15) is 4.79 Å². The van der Waals surface area contributed by atoms with E-state index < -0.39 is 0 Å². The Labute approximate surface area is 115 Å². The number of carbonyl (C=O) groups is 1. The number of rotatable bonds is 4. The van der Waals surface area contributed by atoms with Crippen LogP contribution in [0.4, 0.5) is 11.4 Å². The van der Waals surface area contributed by atoms with Gasteiger partial charge in [0.15, 0.2) is 0 Å². The molecule has 0 aliphatic heterocycles. The normalized spacial score (nSPS) is 16.0. The van der Waals surface area contributed by atoms with Crippen molar-refractivity contribution in [1.29, 1.82) is 0 Å². The topological polar surface area (TPSA) is 49.6 Å². The summed E-state index contributed by atoms with van der Waals surface area (Å²) in [5.41, 5.74) is 8.24. The van der Waals surface area contributed by atoms with Crippen molar-refractivity contribution in [2.45, 2.75) is 25.8 Å². The zero-order valence-electron chi connectivity index (χ0n) is 12.2. The second-order valence-corrected chi connectivity index (χ2v) is 5.66. The molecule has 1 aliphatic rings. The molecular formula is C15H23N3O. The fraction of sp³-hybridized carbons (Fsp3) is 0.533. The first-order valence-corrected chi connectivity index (χ1v) is 6.76. The smallest absolute Gasteiger partial charge is 0.253 e. The van der Waals surface area contributed by atoms with E-state index in [0.29, 0.717) is 23.2 Å². The van der Waals surface area contributed by atoms with Gasteiger partial charge in [0.25, 0.3) is 5.91 Å². The molecule has 2 N–H and O–H groups in total. The SMILES string of the molecule is CC(C1CC1)N(C)C(=O)c1ccc(N(C)C)c(N)c1. The highest BCUT2D eigenvalue weighted by Crippen LogP contribution is 2.35. The van der Waals surface area contributed by atoms with Gasteiger partial charge in [0.05, 0.1) is 11.4 Å². The number of amides is 1. The molecule has 4 nitrogen and oxygen atoms in total. The number of hydrogen-bond donors (Lipinski definition) is 1. The molecule has 0 saturated heterocycles. The van der Waals surface area contributed by atoms with Crippen molar-refractivity contribution in [3.05, 3.63) is 23.8 Å². The van der Waals surface area contributed by atoms with Crippen LogP contribution in [0, 0.1) is 5.92 Å². The van der Waals surface area contributed by atoms with Gasteiger partial charge in [-0.25, -0.2) is 0 Å². The Bertz CT molecular complexity index is 480. The Morgan fingerprint density at radius 3 is 2.42 bits per heavy atom. The van der Waals surface area contributed by atoms with Gasteiger partial charge in [0.2, 0.25) is 0 Å². The zero-order chi connectivity index (χ0) is 14.2. The third kappa shape index (κ3) is 2.83. The lowest BCUT2D eigenvalue weighted by atomic mass is 10.1. The highest BCUT2D eigenvalue weighted by Gasteiger charge is 2.32. The van der Waals surface area contributed by atoms with E-state index in [4.69, 9.17) is 5.73 Å². The second kappa shape index (κ2) is 5.11. The first-order chi connectivity index (χ1) is 8.91. The average molecular weight is 261 g/mol. The summed E-state index contributed by atoms with van der Waals surface area (Å²) in [6.07, 6.45) is 2.47. The number of carbonyl (C=O) groups excluding carboxylic acids is 1. The maximum Gasteiger partial charge on any atom is 0.253 e. The number of hydrogen-bond acceptors (Lipinski definition) is 3. The highest BCUT2D eigenvalue weighted by atomic mass is 16.2. The first-order valence-electron chi connectivity index (χ1n) is 6.76. The first kappa shape index (κ1) is 13.7. The van der Waals surface area contributed by atoms with E-state index in [1.54, 1.807) is 6.07 Å². The standard InChI is InChI=1S/C15H23N3O/c1-10(11-5-6-11)18(4)15(19)12-7-8-14(17(2)3)13(16)9-12/h7-11H,5-6,16H2,1-4H3. The maximum atomic E-state index is 12.4. The minimum Gasteiger partial charge on any atom is -0.397 e. The van der Waals surface area contributed by atoms with E-state index in [0.717, 1.165) is 5.69 Å². The third-order valence-corrected chi connectivity index (χ3v) is 3.99. The monoisotopic (exact) mass is 261 g/mol. The van der Waals surface area contributed by atoms with Gasteiger partial charge in [-0.1, -0.05) is 0 Å². The van der Waals surface area contributed by atoms with E-state index >= 15 is 0 Å². The van der Waals surface area contributed by atoms with Crippen LogP contribution in [0.2, 0.25) is 0 Å². The van der Waals surface area contributed by atoms with Crippen LogP contribution in [0.15, 0.2) is 18.2 Å². The van der Waals surface area contributed by atoms with Crippen LogP contribution in [-0.4, -0.2) is 38.0 Å². The van der Waals surface area contributed by atoms with Crippen LogP contribution < -0.4 is 10.6 Å². The van der Waals surface area contributed by atoms with Crippen molar-refractivity contribution in [2.75, 3.05) is 31.8 Å². The molecule has 2 rings (SSSR count). The van der Waals surface area contributed by atoms with Crippen LogP contribution in [0.5, 0.6) is 0 Å². The van der Waals surface area contributed by atoms with Crippen molar-refractivity contribution in [1.82, 2.24) is 4.90 Å². The Kier molecular flexibility index (Phi) is 3.69. The molecule has 1 aliphatic carbocycles. The molecule has 1 saturated carbocycles. The Balaban J connectivity index is 2.17. The largest absolute Gasteiger partial charge is 0.397 e. The molecule has 1 amide bonds. The predicted molar refractivity (Wildman–Crippen MR) is 79.5 cm³/mol. The van der Waals surface area contributed by atoms with Gasteiger partial charge in [-0.3, -0.25) is 4.79 Å². The third-order valence-electron chi connectivity index (χ3n) is 3.99. The molecule has 0 heterocycles. The molecule has 1 unspecified atom stereocenters. The minimum absolute atomic E-state index is 0.0522. The molecule has 1 aromatic carbocycles. The molecule has 104 valence electrons. The number of nitrogen functional groups attached to an aromatic ring is 1. The molecular weight excluding hydrogens is 238 g/mol. The van der Waals surface area contributed by atoms with Crippen LogP contribution in [0.3, 0.4) is 0 Å². The lowest BCUT2D eigenvalue weighted by Crippen LogP contribution is -2.36. The molecule has 0 spiro atoms. The molecule has 1 fully saturated rings. The molecule has 19 heavy (non-hydrogen) atoms. The Morgan fingerprint density at radius 2 is 1.95 bits per heavy atom. The summed E-state index contributed by atoms with van der Waals surface area (Å²) in [6.45, 7) is 2.12. The van der Waals surface area contributed by atoms with Gasteiger partial charge in [0, 0.05) is 32.7 Å². The summed E-state index contributed by atoms with van der Waals surface area (Å²) in [7, 11) is 5.75. The summed E-state index contributed by atoms with van der Waals surface area (Å²) in [5, 5.41) is 0. The van der Waals surface area contributed by atoms with Crippen LogP contribution >= 0.6 is 0 Å². The molecule has 4 heteroatoms. The molecule has 0 bridgehead atoms. The summed E-state index contributed by atoms with van der Waals surface area (Å²) in [4.78, 5) is 16.2. The number of anilines is 2. The van der Waals surface area contributed by atoms with E-state index in [2.05, 4.69) is 6.92 Å². The van der Waals surface area contributed by atoms with Crippen molar-refractivity contribution in [3.63, 3.8) is 0 Å². The van der Waals surface area contributed by atoms with Gasteiger partial charge in [-0.15, -0.1) is 0 Å². The van der Waals surface area contributed by atoms with Crippen molar-refractivity contribution >= 4 is 17.3 Å². The van der Waals surface area contributed by atoms with Gasteiger partial charge in [0.1, 0.15) is 0 Å². The van der Waals surface area contributed by atoms with Gasteiger partial charge >= 0.3 is 0 Å². The molecule has 1 aromatic rings. The predicted octanol–water partition coefficient (Wildman–Crippen LogP) is 2.21. The number of nitrogens with zero attached hydrogens (tertiary/aromatic N) is 2. The van der Waals surface area contributed by atoms with Crippen molar-refractivity contribution in [2.24, 2.45) is 5.92 Å². The number of nitrogens with two attached hydrogens (primary N) is 1. The van der Waals surface area contributed by atoms with Crippen LogP contribution in [0.1, 0.15) is 30.1 Å². The molecule has 0 radical (unpaired) electrons. The molecule has 1 atom stereocenters. The maximum absolute atomic E-state index is 12.4. The average Bonchev–Trinajstić information content (AvgIpc) is 3.19. The van der Waals surface area contributed by atoms with E-state index in [1.165, 1.54) is 12.8 Å². The second-order valence-electron chi connectivity index (χ2n) is 5.66. The Hall–Kier alpha value is -1.71. The fourth-order valence-electron chi connectivity index (χ4n) is 2.38. The van der Waals surface area contributed by atoms with E-state index in [1.807, 2.05) is 43.1 Å². The Morgan fingerprint density at radius 1 is 1.32 bits per heavy atom. The van der Waals surface area contributed by atoms with Gasteiger partial charge in [-0.05, 0) is 43.9 Å².